The molecular weight excluding hydrogens is 348 g/mol. The number of hydrogen-bond acceptors (Lipinski definition) is 5. The van der Waals surface area contributed by atoms with Gasteiger partial charge in [-0.2, -0.15) is 5.10 Å². The molecule has 6 nitrogen and oxygen atoms in total. The number of nitrogens with one attached hydrogen (secondary N) is 2. The van der Waals surface area contributed by atoms with E-state index in [-0.39, 0.29) is 17.2 Å². The summed E-state index contributed by atoms with van der Waals surface area (Å²) in [4.78, 5) is 28.8. The predicted molar refractivity (Wildman–Crippen MR) is 103 cm³/mol. The van der Waals surface area contributed by atoms with E-state index < -0.39 is 0 Å². The minimum Gasteiger partial charge on any atom is -0.351 e. The van der Waals surface area contributed by atoms with Crippen LogP contribution in [0, 0.1) is 0 Å². The molecule has 0 bridgehead atoms. The first-order valence-electron chi connectivity index (χ1n) is 8.32. The molecule has 0 atom stereocenters. The predicted octanol–water partition coefficient (Wildman–Crippen LogP) is 2.90. The molecule has 0 aliphatic heterocycles. The number of amides is 1. The highest BCUT2D eigenvalue weighted by molar-refractivity contribution is 7.18. The van der Waals surface area contributed by atoms with Crippen LogP contribution >= 0.6 is 11.3 Å². The molecular formula is C19H16N4O2S. The van der Waals surface area contributed by atoms with Gasteiger partial charge in [-0.3, -0.25) is 9.59 Å². The van der Waals surface area contributed by atoms with Crippen LogP contribution in [0.25, 0.3) is 21.0 Å². The van der Waals surface area contributed by atoms with Crippen LogP contribution in [0.5, 0.6) is 0 Å². The van der Waals surface area contributed by atoms with E-state index >= 15 is 0 Å². The van der Waals surface area contributed by atoms with Gasteiger partial charge in [-0.15, -0.1) is 11.3 Å². The maximum atomic E-state index is 12.4. The Balaban J connectivity index is 1.40. The number of benzene rings is 2. The van der Waals surface area contributed by atoms with Gasteiger partial charge in [-0.05, 0) is 24.6 Å². The Hall–Kier alpha value is -3.06. The topological polar surface area (TPSA) is 87.7 Å². The van der Waals surface area contributed by atoms with Crippen molar-refractivity contribution < 1.29 is 4.79 Å². The van der Waals surface area contributed by atoms with E-state index in [1.165, 1.54) is 4.70 Å². The number of para-hydroxylation sites is 1. The fraction of sp³-hybridized carbons (Fsp3) is 0.158. The van der Waals surface area contributed by atoms with Crippen LogP contribution < -0.4 is 10.9 Å². The number of aryl methyl sites for hydroxylation is 1. The first-order valence-corrected chi connectivity index (χ1v) is 9.14. The number of nitrogens with zero attached hydrogens (tertiary/aromatic N) is 2. The summed E-state index contributed by atoms with van der Waals surface area (Å²) >= 11 is 1.68. The number of carbonyl (C=O) groups is 1. The number of H-pyrrole nitrogens is 1. The zero-order valence-corrected chi connectivity index (χ0v) is 14.7. The van der Waals surface area contributed by atoms with Gasteiger partial charge in [0.25, 0.3) is 11.5 Å². The van der Waals surface area contributed by atoms with Crippen LogP contribution in [-0.4, -0.2) is 27.6 Å². The summed E-state index contributed by atoms with van der Waals surface area (Å²) in [6.07, 6.45) is 1.59. The van der Waals surface area contributed by atoms with Crippen molar-refractivity contribution in [3.8, 4) is 0 Å². The lowest BCUT2D eigenvalue weighted by molar-refractivity contribution is 0.0949. The molecule has 0 saturated carbocycles. The minimum absolute atomic E-state index is 0.236. The van der Waals surface area contributed by atoms with Gasteiger partial charge < -0.3 is 5.32 Å². The Kier molecular flexibility index (Phi) is 4.45. The highest BCUT2D eigenvalue weighted by atomic mass is 32.1. The molecule has 0 aliphatic carbocycles. The van der Waals surface area contributed by atoms with E-state index in [4.69, 9.17) is 0 Å². The van der Waals surface area contributed by atoms with Crippen LogP contribution in [0.15, 0.2) is 53.3 Å². The fourth-order valence-electron chi connectivity index (χ4n) is 2.84. The molecule has 0 aliphatic rings. The molecule has 4 rings (SSSR count). The molecule has 0 spiro atoms. The largest absolute Gasteiger partial charge is 0.351 e. The van der Waals surface area contributed by atoms with E-state index in [0.717, 1.165) is 23.4 Å². The van der Waals surface area contributed by atoms with Gasteiger partial charge in [0.15, 0.2) is 5.69 Å². The summed E-state index contributed by atoms with van der Waals surface area (Å²) < 4.78 is 1.18. The number of fused-ring (bicyclic) bond motifs is 2. The van der Waals surface area contributed by atoms with Crippen molar-refractivity contribution in [1.82, 2.24) is 20.5 Å². The summed E-state index contributed by atoms with van der Waals surface area (Å²) in [5, 5.41) is 11.2. The van der Waals surface area contributed by atoms with Crippen molar-refractivity contribution in [2.45, 2.75) is 12.8 Å². The molecule has 0 unspecified atom stereocenters. The van der Waals surface area contributed by atoms with E-state index in [1.807, 2.05) is 18.2 Å². The smallest absolute Gasteiger partial charge is 0.272 e. The van der Waals surface area contributed by atoms with Gasteiger partial charge >= 0.3 is 0 Å². The van der Waals surface area contributed by atoms with Crippen molar-refractivity contribution in [2.24, 2.45) is 0 Å². The first kappa shape index (κ1) is 16.4. The molecule has 2 aromatic carbocycles. The molecule has 130 valence electrons. The fourth-order valence-corrected chi connectivity index (χ4v) is 3.85. The molecule has 2 heterocycles. The SMILES string of the molecule is O=C(NCCCc1nc2ccccc2s1)c1n[nH]c(=O)c2ccccc12. The van der Waals surface area contributed by atoms with E-state index in [0.29, 0.717) is 17.3 Å². The highest BCUT2D eigenvalue weighted by Crippen LogP contribution is 2.22. The number of aromatic nitrogens is 3. The number of rotatable bonds is 5. The van der Waals surface area contributed by atoms with Crippen LogP contribution in [0.3, 0.4) is 0 Å². The molecule has 26 heavy (non-hydrogen) atoms. The molecule has 7 heteroatoms. The molecule has 2 aromatic heterocycles. The second-order valence-corrected chi connectivity index (χ2v) is 7.00. The van der Waals surface area contributed by atoms with Gasteiger partial charge in [0.1, 0.15) is 0 Å². The lowest BCUT2D eigenvalue weighted by Crippen LogP contribution is -2.27. The third-order valence-electron chi connectivity index (χ3n) is 4.10. The molecule has 0 saturated heterocycles. The zero-order chi connectivity index (χ0) is 17.9. The van der Waals surface area contributed by atoms with E-state index in [9.17, 15) is 9.59 Å². The van der Waals surface area contributed by atoms with Crippen LogP contribution in [0.2, 0.25) is 0 Å². The Labute approximate surface area is 152 Å². The van der Waals surface area contributed by atoms with Gasteiger partial charge in [0, 0.05) is 18.4 Å². The summed E-state index contributed by atoms with van der Waals surface area (Å²) in [5.74, 6) is -0.290. The van der Waals surface area contributed by atoms with Crippen molar-refractivity contribution in [3.63, 3.8) is 0 Å². The van der Waals surface area contributed by atoms with Gasteiger partial charge in [0.2, 0.25) is 0 Å². The second kappa shape index (κ2) is 7.05. The van der Waals surface area contributed by atoms with Crippen molar-refractivity contribution in [2.75, 3.05) is 6.54 Å². The lowest BCUT2D eigenvalue weighted by atomic mass is 10.1. The highest BCUT2D eigenvalue weighted by Gasteiger charge is 2.13. The minimum atomic E-state index is -0.298. The molecule has 0 fully saturated rings. The molecule has 1 amide bonds. The standard InChI is InChI=1S/C19H16N4O2S/c24-18-13-7-2-1-6-12(13)17(22-23-18)19(25)20-11-5-10-16-21-14-8-3-4-9-15(14)26-16/h1-4,6-9H,5,10-11H2,(H,20,25)(H,23,24). The number of hydrogen-bond donors (Lipinski definition) is 2. The maximum Gasteiger partial charge on any atom is 0.272 e. The Morgan fingerprint density at radius 1 is 1.08 bits per heavy atom. The van der Waals surface area contributed by atoms with Crippen LogP contribution in [-0.2, 0) is 6.42 Å². The van der Waals surface area contributed by atoms with Crippen LogP contribution in [0.1, 0.15) is 21.9 Å². The third kappa shape index (κ3) is 3.21. The molecule has 0 radical (unpaired) electrons. The molecule has 4 aromatic rings. The van der Waals surface area contributed by atoms with E-state index in [1.54, 1.807) is 35.6 Å². The van der Waals surface area contributed by atoms with Crippen molar-refractivity contribution in [3.05, 3.63) is 69.6 Å². The van der Waals surface area contributed by atoms with E-state index in [2.05, 4.69) is 26.6 Å². The second-order valence-electron chi connectivity index (χ2n) is 5.88. The number of thiazole rings is 1. The number of aromatic amines is 1. The van der Waals surface area contributed by atoms with Crippen LogP contribution in [0.4, 0.5) is 0 Å². The summed E-state index contributed by atoms with van der Waals surface area (Å²) in [6, 6.07) is 15.0. The quantitative estimate of drug-likeness (QED) is 0.533. The Bertz CT molecular complexity index is 1120. The zero-order valence-electron chi connectivity index (χ0n) is 13.9. The average molecular weight is 364 g/mol. The average Bonchev–Trinajstić information content (AvgIpc) is 3.08. The Morgan fingerprint density at radius 3 is 2.69 bits per heavy atom. The monoisotopic (exact) mass is 364 g/mol. The lowest BCUT2D eigenvalue weighted by Gasteiger charge is -2.06. The first-order chi connectivity index (χ1) is 12.7. The summed E-state index contributed by atoms with van der Waals surface area (Å²) in [5.41, 5.74) is 0.952. The summed E-state index contributed by atoms with van der Waals surface area (Å²) in [6.45, 7) is 0.518. The third-order valence-corrected chi connectivity index (χ3v) is 5.20. The Morgan fingerprint density at radius 2 is 1.85 bits per heavy atom. The van der Waals surface area contributed by atoms with Crippen molar-refractivity contribution in [1.29, 1.82) is 0 Å². The summed E-state index contributed by atoms with van der Waals surface area (Å²) in [7, 11) is 0. The van der Waals surface area contributed by atoms with Gasteiger partial charge in [-0.1, -0.05) is 30.3 Å². The van der Waals surface area contributed by atoms with Crippen molar-refractivity contribution >= 4 is 38.2 Å². The number of carbonyl (C=O) groups excluding carboxylic acids is 1. The maximum absolute atomic E-state index is 12.4. The van der Waals surface area contributed by atoms with Gasteiger partial charge in [-0.25, -0.2) is 10.1 Å². The normalized spacial score (nSPS) is 11.1. The van der Waals surface area contributed by atoms with Gasteiger partial charge in [0.05, 0.1) is 20.6 Å². The molecule has 2 N–H and O–H groups in total.